The zero-order chi connectivity index (χ0) is 12.4. The van der Waals surface area contributed by atoms with Gasteiger partial charge in [0.1, 0.15) is 0 Å². The fourth-order valence-electron chi connectivity index (χ4n) is 3.14. The minimum Gasteiger partial charge on any atom is -0.373 e. The van der Waals surface area contributed by atoms with Crippen molar-refractivity contribution in [1.82, 2.24) is 4.90 Å². The highest BCUT2D eigenvalue weighted by Crippen LogP contribution is 2.36. The van der Waals surface area contributed by atoms with E-state index < -0.39 is 0 Å². The van der Waals surface area contributed by atoms with Crippen LogP contribution in [0.25, 0.3) is 0 Å². The van der Waals surface area contributed by atoms with E-state index in [-0.39, 0.29) is 0 Å². The van der Waals surface area contributed by atoms with E-state index in [1.807, 2.05) is 0 Å². The first-order chi connectivity index (χ1) is 8.76. The molecule has 0 amide bonds. The van der Waals surface area contributed by atoms with Crippen molar-refractivity contribution in [2.45, 2.75) is 50.8 Å². The molecule has 2 saturated heterocycles. The first-order valence-corrected chi connectivity index (χ1v) is 7.17. The van der Waals surface area contributed by atoms with Crippen LogP contribution < -0.4 is 0 Å². The van der Waals surface area contributed by atoms with Gasteiger partial charge in [-0.2, -0.15) is 0 Å². The standard InChI is InChI=1S/C16H23NO/c1-16(10-8-15-13-18-15)9-5-11-17(16)12-14-6-3-2-4-7-14/h2-4,6-7,15H,5,8-13H2,1H3. The molecule has 18 heavy (non-hydrogen) atoms. The first-order valence-electron chi connectivity index (χ1n) is 7.17. The highest BCUT2D eigenvalue weighted by molar-refractivity contribution is 5.15. The number of rotatable bonds is 5. The smallest absolute Gasteiger partial charge is 0.0810 e. The second-order valence-corrected chi connectivity index (χ2v) is 6.00. The topological polar surface area (TPSA) is 15.8 Å². The Balaban J connectivity index is 1.62. The van der Waals surface area contributed by atoms with Gasteiger partial charge in [-0.15, -0.1) is 0 Å². The predicted octanol–water partition coefficient (Wildman–Crippen LogP) is 3.22. The first kappa shape index (κ1) is 12.2. The van der Waals surface area contributed by atoms with E-state index in [0.717, 1.165) is 13.2 Å². The van der Waals surface area contributed by atoms with Crippen molar-refractivity contribution >= 4 is 0 Å². The molecule has 2 aliphatic rings. The van der Waals surface area contributed by atoms with Gasteiger partial charge >= 0.3 is 0 Å². The van der Waals surface area contributed by atoms with Crippen molar-refractivity contribution in [3.05, 3.63) is 35.9 Å². The van der Waals surface area contributed by atoms with Crippen molar-refractivity contribution in [2.75, 3.05) is 13.2 Å². The predicted molar refractivity (Wildman–Crippen MR) is 73.5 cm³/mol. The van der Waals surface area contributed by atoms with E-state index in [0.29, 0.717) is 11.6 Å². The van der Waals surface area contributed by atoms with Gasteiger partial charge in [0.15, 0.2) is 0 Å². The van der Waals surface area contributed by atoms with E-state index in [2.05, 4.69) is 42.2 Å². The van der Waals surface area contributed by atoms with Gasteiger partial charge in [0.2, 0.25) is 0 Å². The van der Waals surface area contributed by atoms with Crippen LogP contribution in [0.15, 0.2) is 30.3 Å². The monoisotopic (exact) mass is 245 g/mol. The summed E-state index contributed by atoms with van der Waals surface area (Å²) in [5.74, 6) is 0. The molecular weight excluding hydrogens is 222 g/mol. The number of hydrogen-bond donors (Lipinski definition) is 0. The molecule has 0 bridgehead atoms. The zero-order valence-electron chi connectivity index (χ0n) is 11.3. The van der Waals surface area contributed by atoms with Crippen LogP contribution in [0.4, 0.5) is 0 Å². The third kappa shape index (κ3) is 2.76. The van der Waals surface area contributed by atoms with Gasteiger partial charge in [-0.3, -0.25) is 4.90 Å². The lowest BCUT2D eigenvalue weighted by Gasteiger charge is -2.35. The van der Waals surface area contributed by atoms with Gasteiger partial charge in [0.25, 0.3) is 0 Å². The molecule has 2 aliphatic heterocycles. The summed E-state index contributed by atoms with van der Waals surface area (Å²) >= 11 is 0. The highest BCUT2D eigenvalue weighted by atomic mass is 16.6. The normalized spacial score (nSPS) is 31.7. The number of ether oxygens (including phenoxy) is 1. The third-order valence-electron chi connectivity index (χ3n) is 4.53. The average molecular weight is 245 g/mol. The summed E-state index contributed by atoms with van der Waals surface area (Å²) in [5, 5.41) is 0. The summed E-state index contributed by atoms with van der Waals surface area (Å²) in [7, 11) is 0. The van der Waals surface area contributed by atoms with Crippen LogP contribution >= 0.6 is 0 Å². The van der Waals surface area contributed by atoms with Crippen molar-refractivity contribution in [3.63, 3.8) is 0 Å². The maximum absolute atomic E-state index is 5.35. The molecule has 0 spiro atoms. The maximum atomic E-state index is 5.35. The molecule has 2 unspecified atom stereocenters. The molecule has 2 nitrogen and oxygen atoms in total. The summed E-state index contributed by atoms with van der Waals surface area (Å²) < 4.78 is 5.35. The zero-order valence-corrected chi connectivity index (χ0v) is 11.3. The quantitative estimate of drug-likeness (QED) is 0.740. The van der Waals surface area contributed by atoms with Crippen molar-refractivity contribution in [3.8, 4) is 0 Å². The largest absolute Gasteiger partial charge is 0.373 e. The number of likely N-dealkylation sites (tertiary alicyclic amines) is 1. The lowest BCUT2D eigenvalue weighted by Crippen LogP contribution is -2.40. The lowest BCUT2D eigenvalue weighted by atomic mass is 9.91. The van der Waals surface area contributed by atoms with Crippen molar-refractivity contribution < 1.29 is 4.74 Å². The molecule has 0 N–H and O–H groups in total. The Labute approximate surface area is 110 Å². The number of epoxide rings is 1. The SMILES string of the molecule is CC1(CCC2CO2)CCCN1Cc1ccccc1. The van der Waals surface area contributed by atoms with Gasteiger partial charge in [-0.1, -0.05) is 30.3 Å². The third-order valence-corrected chi connectivity index (χ3v) is 4.53. The van der Waals surface area contributed by atoms with Crippen LogP contribution in [0.3, 0.4) is 0 Å². The minimum atomic E-state index is 0.391. The summed E-state index contributed by atoms with van der Waals surface area (Å²) in [6, 6.07) is 10.9. The Bertz CT molecular complexity index is 387. The number of nitrogens with zero attached hydrogens (tertiary/aromatic N) is 1. The van der Waals surface area contributed by atoms with Crippen molar-refractivity contribution in [2.24, 2.45) is 0 Å². The van der Waals surface area contributed by atoms with E-state index in [9.17, 15) is 0 Å². The molecule has 0 saturated carbocycles. The van der Waals surface area contributed by atoms with Crippen LogP contribution in [0.5, 0.6) is 0 Å². The molecule has 1 aromatic carbocycles. The van der Waals surface area contributed by atoms with E-state index >= 15 is 0 Å². The van der Waals surface area contributed by atoms with E-state index in [1.54, 1.807) is 0 Å². The second-order valence-electron chi connectivity index (χ2n) is 6.00. The Kier molecular flexibility index (Phi) is 3.40. The fourth-order valence-corrected chi connectivity index (χ4v) is 3.14. The van der Waals surface area contributed by atoms with Gasteiger partial charge in [-0.05, 0) is 44.7 Å². The van der Waals surface area contributed by atoms with Crippen LogP contribution in [0.1, 0.15) is 38.2 Å². The number of benzene rings is 1. The van der Waals surface area contributed by atoms with Crippen LogP contribution in [-0.2, 0) is 11.3 Å². The summed E-state index contributed by atoms with van der Waals surface area (Å²) in [6.45, 7) is 5.78. The van der Waals surface area contributed by atoms with Gasteiger partial charge < -0.3 is 4.74 Å². The molecule has 2 heterocycles. The fraction of sp³-hybridized carbons (Fsp3) is 0.625. The molecule has 0 aliphatic carbocycles. The molecule has 98 valence electrons. The Morgan fingerprint density at radius 3 is 2.83 bits per heavy atom. The molecule has 2 heteroatoms. The maximum Gasteiger partial charge on any atom is 0.0810 e. The van der Waals surface area contributed by atoms with Gasteiger partial charge in [0, 0.05) is 12.1 Å². The summed E-state index contributed by atoms with van der Waals surface area (Å²) in [5.41, 5.74) is 1.83. The van der Waals surface area contributed by atoms with Crippen LogP contribution in [-0.4, -0.2) is 29.7 Å². The van der Waals surface area contributed by atoms with Gasteiger partial charge in [-0.25, -0.2) is 0 Å². The number of hydrogen-bond acceptors (Lipinski definition) is 2. The Morgan fingerprint density at radius 1 is 1.33 bits per heavy atom. The summed E-state index contributed by atoms with van der Waals surface area (Å²) in [6.07, 6.45) is 5.77. The Morgan fingerprint density at radius 2 is 2.11 bits per heavy atom. The van der Waals surface area contributed by atoms with Crippen LogP contribution in [0.2, 0.25) is 0 Å². The summed E-state index contributed by atoms with van der Waals surface area (Å²) in [4.78, 5) is 2.67. The molecule has 2 fully saturated rings. The van der Waals surface area contributed by atoms with Crippen LogP contribution in [0, 0.1) is 0 Å². The molecule has 0 aromatic heterocycles. The molecular formula is C16H23NO. The molecule has 2 atom stereocenters. The highest BCUT2D eigenvalue weighted by Gasteiger charge is 2.37. The van der Waals surface area contributed by atoms with E-state index in [1.165, 1.54) is 37.8 Å². The molecule has 1 aromatic rings. The molecule has 0 radical (unpaired) electrons. The van der Waals surface area contributed by atoms with E-state index in [4.69, 9.17) is 4.74 Å². The lowest BCUT2D eigenvalue weighted by molar-refractivity contribution is 0.131. The molecule has 3 rings (SSSR count). The average Bonchev–Trinajstić information content (AvgIpc) is 3.15. The Hall–Kier alpha value is -0.860. The minimum absolute atomic E-state index is 0.391. The van der Waals surface area contributed by atoms with Gasteiger partial charge in [0.05, 0.1) is 12.7 Å². The van der Waals surface area contributed by atoms with Crippen molar-refractivity contribution in [1.29, 1.82) is 0 Å². The second kappa shape index (κ2) is 5.02.